The minimum absolute atomic E-state index is 0.605. The number of hydrogen-bond acceptors (Lipinski definition) is 10. The normalized spacial score (nSPS) is 12.0. The molecule has 0 aliphatic heterocycles. The summed E-state index contributed by atoms with van der Waals surface area (Å²) < 4.78 is 14.3. The van der Waals surface area contributed by atoms with Crippen LogP contribution in [0.2, 0.25) is 0 Å². The van der Waals surface area contributed by atoms with E-state index in [1.54, 1.807) is 22.7 Å². The fourth-order valence-corrected chi connectivity index (χ4v) is 22.2. The molecule has 0 bridgehead atoms. The van der Waals surface area contributed by atoms with Crippen molar-refractivity contribution in [3.63, 3.8) is 0 Å². The average molecular weight is 1520 g/mol. The van der Waals surface area contributed by atoms with E-state index in [0.717, 1.165) is 104 Å². The number of fused-ring (bicyclic) bond motifs is 18. The molecule has 0 fully saturated rings. The van der Waals surface area contributed by atoms with E-state index in [0.29, 0.717) is 34.9 Å². The quantitative estimate of drug-likeness (QED) is 0.128. The molecule has 16 aromatic carbocycles. The number of hydrogen-bond donors (Lipinski definition) is 0. The lowest BCUT2D eigenvalue weighted by atomic mass is 9.91. The zero-order valence-electron chi connectivity index (χ0n) is 60.7. The summed E-state index contributed by atoms with van der Waals surface area (Å²) in [6.07, 6.45) is 0. The van der Waals surface area contributed by atoms with Crippen LogP contribution in [0.15, 0.2) is 352 Å². The summed E-state index contributed by atoms with van der Waals surface area (Å²) >= 11 is 7.22. The van der Waals surface area contributed by atoms with Gasteiger partial charge in [-0.1, -0.05) is 218 Å². The highest BCUT2D eigenvalue weighted by atomic mass is 32.1. The van der Waals surface area contributed by atoms with Gasteiger partial charge in [0.1, 0.15) is 0 Å². The molecule has 24 aromatic rings. The molecule has 0 aliphatic carbocycles. The van der Waals surface area contributed by atoms with E-state index >= 15 is 0 Å². The summed E-state index contributed by atoms with van der Waals surface area (Å²) in [5.41, 5.74) is 19.3. The Balaban J connectivity index is 0.681. The van der Waals surface area contributed by atoms with Crippen molar-refractivity contribution >= 4 is 170 Å². The largest absolute Gasteiger partial charge is 0.309 e. The Hall–Kier alpha value is -14.0. The van der Waals surface area contributed by atoms with Crippen LogP contribution in [-0.4, -0.2) is 39.0 Å². The molecule has 0 spiro atoms. The molecule has 0 amide bonds. The van der Waals surface area contributed by atoms with Crippen LogP contribution in [0.4, 0.5) is 0 Å². The number of nitrogens with zero attached hydrogens (tertiary/aromatic N) is 8. The molecule has 12 heteroatoms. The fourth-order valence-electron chi connectivity index (χ4n) is 17.6. The third kappa shape index (κ3) is 10.3. The third-order valence-corrected chi connectivity index (χ3v) is 27.4. The first-order chi connectivity index (χ1) is 56.5. The Labute approximate surface area is 668 Å². The van der Waals surface area contributed by atoms with Gasteiger partial charge in [0.15, 0.2) is 34.9 Å². The van der Waals surface area contributed by atoms with E-state index < -0.39 is 0 Å². The Bertz CT molecular complexity index is 8120. The van der Waals surface area contributed by atoms with Crippen molar-refractivity contribution in [3.8, 4) is 113 Å². The third-order valence-electron chi connectivity index (χ3n) is 22.6. The van der Waals surface area contributed by atoms with E-state index in [9.17, 15) is 0 Å². The molecule has 0 saturated heterocycles. The maximum atomic E-state index is 5.63. The van der Waals surface area contributed by atoms with Gasteiger partial charge in [-0.15, -0.1) is 45.3 Å². The molecule has 8 nitrogen and oxygen atoms in total. The highest BCUT2D eigenvalue weighted by molar-refractivity contribution is 7.27. The molecule has 114 heavy (non-hydrogen) atoms. The highest BCUT2D eigenvalue weighted by Crippen LogP contribution is 2.51. The Morgan fingerprint density at radius 1 is 0.175 bits per heavy atom. The molecule has 8 aromatic heterocycles. The SMILES string of the molecule is c1ccc(-c2nc(-c3ccc4sc5ccc(-c6cc(-c7ccc(-c8nc(-c9ccccc9)nc(-c9ccc%10sc%11cccc(-c%12cccc%13c%12c%12ccccc%12n%13-c%12ccccc%12)c%11c%10c9)n8)c8sc9ccccc9c78)cc7c6c6ccccc6n7-c6ccccc6)cc5c4c3)nc(-c3cccc4c3sc3ccccc34)n2)cc1. The molecular weight excluding hydrogens is 1470 g/mol. The van der Waals surface area contributed by atoms with Crippen molar-refractivity contribution in [1.82, 2.24) is 39.0 Å². The van der Waals surface area contributed by atoms with Gasteiger partial charge in [-0.2, -0.15) is 0 Å². The van der Waals surface area contributed by atoms with Crippen LogP contribution in [0.25, 0.3) is 237 Å². The van der Waals surface area contributed by atoms with Gasteiger partial charge in [0.2, 0.25) is 0 Å². The maximum Gasteiger partial charge on any atom is 0.165 e. The van der Waals surface area contributed by atoms with E-state index in [1.165, 1.54) is 98.8 Å². The first kappa shape index (κ1) is 64.8. The molecule has 24 rings (SSSR count). The monoisotopic (exact) mass is 1520 g/mol. The Kier molecular flexibility index (Phi) is 14.7. The lowest BCUT2D eigenvalue weighted by Crippen LogP contribution is -2.00. The van der Waals surface area contributed by atoms with Gasteiger partial charge in [0.25, 0.3) is 0 Å². The summed E-state index contributed by atoms with van der Waals surface area (Å²) in [5.74, 6) is 3.72. The molecule has 0 atom stereocenters. The molecule has 0 N–H and O–H groups in total. The van der Waals surface area contributed by atoms with Crippen molar-refractivity contribution in [1.29, 1.82) is 0 Å². The molecule has 530 valence electrons. The fraction of sp³-hybridized carbons (Fsp3) is 0. The Morgan fingerprint density at radius 3 is 1.22 bits per heavy atom. The first-order valence-electron chi connectivity index (χ1n) is 38.1. The average Bonchev–Trinajstić information content (AvgIpc) is 1.56. The zero-order valence-corrected chi connectivity index (χ0v) is 64.0. The molecular formula is C102H58N8S4. The maximum absolute atomic E-state index is 5.63. The van der Waals surface area contributed by atoms with E-state index in [1.807, 2.05) is 46.9 Å². The predicted octanol–water partition coefficient (Wildman–Crippen LogP) is 28.7. The van der Waals surface area contributed by atoms with Gasteiger partial charge in [-0.3, -0.25) is 0 Å². The van der Waals surface area contributed by atoms with Crippen molar-refractivity contribution in [2.24, 2.45) is 0 Å². The molecule has 0 unspecified atom stereocenters. The smallest absolute Gasteiger partial charge is 0.165 e. The molecule has 0 aliphatic rings. The lowest BCUT2D eigenvalue weighted by molar-refractivity contribution is 1.08. The van der Waals surface area contributed by atoms with Gasteiger partial charge >= 0.3 is 0 Å². The first-order valence-corrected chi connectivity index (χ1v) is 41.4. The van der Waals surface area contributed by atoms with Crippen LogP contribution < -0.4 is 0 Å². The van der Waals surface area contributed by atoms with Crippen molar-refractivity contribution < 1.29 is 0 Å². The number of para-hydroxylation sites is 4. The van der Waals surface area contributed by atoms with Gasteiger partial charge in [-0.05, 0) is 167 Å². The summed E-state index contributed by atoms with van der Waals surface area (Å²) in [5, 5.41) is 14.2. The number of benzene rings is 16. The lowest BCUT2D eigenvalue weighted by Gasteiger charge is -2.15. The standard InChI is InChI=1S/C102H58N8S4/c1-5-24-59(25-6-1)97-103-99(107-101(105-97)75-39-21-38-71-68-32-15-19-43-85(68)113-95(71)75)62-47-52-88-79(55-62)78-54-61(46-51-87(78)111-88)77-57-64(58-84-92(77)73-34-14-18-41-82(73)110(84)66-30-11-4-12-31-66)67-49-50-76(96-94(67)74-35-16-20-44-86(74)114-96)102-106-98(60-26-7-2-8-27-60)104-100(108-102)63-48-53-89-80(56-63)93-70(37-23-45-90(93)112-89)69-36-22-42-83-91(69)72-33-13-17-40-81(72)109(83)65-28-9-3-10-29-65/h1-58H. The van der Waals surface area contributed by atoms with Crippen LogP contribution in [-0.2, 0) is 0 Å². The summed E-state index contributed by atoms with van der Waals surface area (Å²) in [4.78, 5) is 32.5. The number of thiophene rings is 4. The van der Waals surface area contributed by atoms with Crippen LogP contribution in [0.3, 0.4) is 0 Å². The minimum Gasteiger partial charge on any atom is -0.309 e. The summed E-state index contributed by atoms with van der Waals surface area (Å²) in [7, 11) is 0. The van der Waals surface area contributed by atoms with Crippen LogP contribution in [0.1, 0.15) is 0 Å². The van der Waals surface area contributed by atoms with Crippen LogP contribution >= 0.6 is 45.3 Å². The second-order valence-electron chi connectivity index (χ2n) is 29.1. The van der Waals surface area contributed by atoms with E-state index in [4.69, 9.17) is 29.9 Å². The van der Waals surface area contributed by atoms with E-state index in [-0.39, 0.29) is 0 Å². The summed E-state index contributed by atoms with van der Waals surface area (Å²) in [6.45, 7) is 0. The molecule has 8 heterocycles. The van der Waals surface area contributed by atoms with Crippen molar-refractivity contribution in [2.75, 3.05) is 0 Å². The molecule has 0 saturated carbocycles. The number of rotatable bonds is 11. The topological polar surface area (TPSA) is 87.2 Å². The number of aromatic nitrogens is 8. The summed E-state index contributed by atoms with van der Waals surface area (Å²) in [6, 6.07) is 127. The van der Waals surface area contributed by atoms with Gasteiger partial charge in [0, 0.05) is 147 Å². The van der Waals surface area contributed by atoms with Gasteiger partial charge < -0.3 is 9.13 Å². The second-order valence-corrected chi connectivity index (χ2v) is 33.4. The van der Waals surface area contributed by atoms with Gasteiger partial charge in [-0.25, -0.2) is 29.9 Å². The molecule has 0 radical (unpaired) electrons. The minimum atomic E-state index is 0.605. The zero-order chi connectivity index (χ0) is 74.6. The van der Waals surface area contributed by atoms with Gasteiger partial charge in [0.05, 0.1) is 22.1 Å². The Morgan fingerprint density at radius 2 is 0.579 bits per heavy atom. The predicted molar refractivity (Wildman–Crippen MR) is 482 cm³/mol. The van der Waals surface area contributed by atoms with Crippen LogP contribution in [0.5, 0.6) is 0 Å². The van der Waals surface area contributed by atoms with Crippen molar-refractivity contribution in [3.05, 3.63) is 352 Å². The second kappa shape index (κ2) is 25.8. The van der Waals surface area contributed by atoms with Crippen molar-refractivity contribution in [2.45, 2.75) is 0 Å². The highest BCUT2D eigenvalue weighted by Gasteiger charge is 2.27. The van der Waals surface area contributed by atoms with E-state index in [2.05, 4.69) is 337 Å². The van der Waals surface area contributed by atoms with Crippen LogP contribution in [0, 0.1) is 0 Å².